The summed E-state index contributed by atoms with van der Waals surface area (Å²) in [6.07, 6.45) is 0.685. The Hall–Kier alpha value is -2.33. The van der Waals surface area contributed by atoms with E-state index in [0.717, 1.165) is 22.4 Å². The summed E-state index contributed by atoms with van der Waals surface area (Å²) >= 11 is 5.82. The van der Waals surface area contributed by atoms with Crippen LogP contribution < -0.4 is 10.6 Å². The predicted octanol–water partition coefficient (Wildman–Crippen LogP) is 2.69. The Morgan fingerprint density at radius 1 is 1.14 bits per heavy atom. The van der Waals surface area contributed by atoms with Gasteiger partial charge in [0.2, 0.25) is 11.8 Å². The van der Waals surface area contributed by atoms with Crippen LogP contribution in [0.2, 0.25) is 5.02 Å². The van der Waals surface area contributed by atoms with Gasteiger partial charge in [0.1, 0.15) is 0 Å². The number of anilines is 1. The van der Waals surface area contributed by atoms with Gasteiger partial charge in [-0.05, 0) is 34.9 Å². The molecule has 0 atom stereocenters. The average Bonchev–Trinajstić information content (AvgIpc) is 2.86. The molecule has 1 heterocycles. The monoisotopic (exact) mass is 314 g/mol. The molecular weight excluding hydrogens is 300 g/mol. The van der Waals surface area contributed by atoms with E-state index in [1.165, 1.54) is 0 Å². The second kappa shape index (κ2) is 6.20. The van der Waals surface area contributed by atoms with Crippen LogP contribution in [0.25, 0.3) is 0 Å². The first kappa shape index (κ1) is 14.6. The summed E-state index contributed by atoms with van der Waals surface area (Å²) < 4.78 is 0. The van der Waals surface area contributed by atoms with Gasteiger partial charge in [-0.15, -0.1) is 0 Å². The number of amides is 2. The van der Waals surface area contributed by atoms with Gasteiger partial charge >= 0.3 is 0 Å². The number of halogens is 1. The van der Waals surface area contributed by atoms with Crippen LogP contribution in [0.4, 0.5) is 5.69 Å². The third kappa shape index (κ3) is 3.46. The van der Waals surface area contributed by atoms with Crippen LogP contribution >= 0.6 is 11.6 Å². The van der Waals surface area contributed by atoms with Gasteiger partial charge in [0.05, 0.1) is 12.8 Å². The molecule has 5 heteroatoms. The lowest BCUT2D eigenvalue weighted by Crippen LogP contribution is -2.24. The van der Waals surface area contributed by atoms with Crippen molar-refractivity contribution in [3.8, 4) is 0 Å². The fraction of sp³-hybridized carbons (Fsp3) is 0.176. The molecule has 2 N–H and O–H groups in total. The minimum absolute atomic E-state index is 0.000611. The van der Waals surface area contributed by atoms with Gasteiger partial charge in [-0.25, -0.2) is 0 Å². The Bertz CT molecular complexity index is 726. The van der Waals surface area contributed by atoms with Crippen molar-refractivity contribution in [3.05, 3.63) is 64.2 Å². The highest BCUT2D eigenvalue weighted by atomic mass is 35.5. The Kier molecular flexibility index (Phi) is 4.11. The molecule has 1 aliphatic heterocycles. The largest absolute Gasteiger partial charge is 0.352 e. The third-order valence-electron chi connectivity index (χ3n) is 3.56. The van der Waals surface area contributed by atoms with Crippen molar-refractivity contribution in [2.45, 2.75) is 19.4 Å². The number of hydrogen-bond donors (Lipinski definition) is 2. The molecular formula is C17H15ClN2O2. The van der Waals surface area contributed by atoms with E-state index in [1.807, 2.05) is 30.3 Å². The summed E-state index contributed by atoms with van der Waals surface area (Å²) in [4.78, 5) is 23.3. The van der Waals surface area contributed by atoms with Crippen LogP contribution in [-0.4, -0.2) is 11.8 Å². The molecule has 4 nitrogen and oxygen atoms in total. The highest BCUT2D eigenvalue weighted by Crippen LogP contribution is 2.24. The normalized spacial score (nSPS) is 12.7. The lowest BCUT2D eigenvalue weighted by Gasteiger charge is -2.07. The first-order chi connectivity index (χ1) is 10.6. The van der Waals surface area contributed by atoms with E-state index in [-0.39, 0.29) is 11.8 Å². The van der Waals surface area contributed by atoms with Crippen LogP contribution in [0.1, 0.15) is 16.7 Å². The molecule has 2 amide bonds. The summed E-state index contributed by atoms with van der Waals surface area (Å²) in [5.74, 6) is -0.0495. The van der Waals surface area contributed by atoms with E-state index in [0.29, 0.717) is 24.4 Å². The molecule has 0 fully saturated rings. The summed E-state index contributed by atoms with van der Waals surface area (Å²) in [7, 11) is 0. The molecule has 0 saturated heterocycles. The molecule has 0 aromatic heterocycles. The zero-order valence-electron chi connectivity index (χ0n) is 11.9. The van der Waals surface area contributed by atoms with Crippen molar-refractivity contribution in [1.82, 2.24) is 5.32 Å². The quantitative estimate of drug-likeness (QED) is 0.911. The predicted molar refractivity (Wildman–Crippen MR) is 85.8 cm³/mol. The highest BCUT2D eigenvalue weighted by Gasteiger charge is 2.17. The molecule has 22 heavy (non-hydrogen) atoms. The number of benzene rings is 2. The minimum atomic E-state index is -0.0489. The number of rotatable bonds is 4. The van der Waals surface area contributed by atoms with Crippen molar-refractivity contribution >= 4 is 29.1 Å². The van der Waals surface area contributed by atoms with Gasteiger partial charge < -0.3 is 10.6 Å². The van der Waals surface area contributed by atoms with Gasteiger partial charge in [-0.3, -0.25) is 9.59 Å². The molecule has 1 aliphatic rings. The van der Waals surface area contributed by atoms with Crippen LogP contribution in [-0.2, 0) is 29.0 Å². The second-order valence-corrected chi connectivity index (χ2v) is 5.73. The highest BCUT2D eigenvalue weighted by molar-refractivity contribution is 6.30. The Balaban J connectivity index is 1.57. The Morgan fingerprint density at radius 3 is 2.64 bits per heavy atom. The maximum absolute atomic E-state index is 12.0. The molecule has 0 unspecified atom stereocenters. The van der Waals surface area contributed by atoms with Crippen molar-refractivity contribution < 1.29 is 9.59 Å². The van der Waals surface area contributed by atoms with Crippen molar-refractivity contribution in [2.75, 3.05) is 5.32 Å². The number of fused-ring (bicyclic) bond motifs is 1. The van der Waals surface area contributed by atoms with Crippen LogP contribution in [0.3, 0.4) is 0 Å². The Morgan fingerprint density at radius 2 is 1.86 bits per heavy atom. The van der Waals surface area contributed by atoms with Crippen LogP contribution in [0, 0.1) is 0 Å². The fourth-order valence-electron chi connectivity index (χ4n) is 2.44. The molecule has 2 aromatic carbocycles. The number of carbonyl (C=O) groups excluding carboxylic acids is 2. The van der Waals surface area contributed by atoms with Gasteiger partial charge in [0, 0.05) is 17.3 Å². The maximum atomic E-state index is 12.0. The van der Waals surface area contributed by atoms with Crippen LogP contribution in [0.5, 0.6) is 0 Å². The van der Waals surface area contributed by atoms with Crippen molar-refractivity contribution in [1.29, 1.82) is 0 Å². The molecule has 0 saturated carbocycles. The summed E-state index contributed by atoms with van der Waals surface area (Å²) in [5, 5.41) is 6.33. The molecule has 0 spiro atoms. The average molecular weight is 315 g/mol. The molecule has 3 rings (SSSR count). The first-order valence-electron chi connectivity index (χ1n) is 7.03. The SMILES string of the molecule is O=C(Cc1ccc2c(c1)CC(=O)N2)NCc1ccc(Cl)cc1. The number of carbonyl (C=O) groups is 2. The van der Waals surface area contributed by atoms with E-state index in [4.69, 9.17) is 11.6 Å². The van der Waals surface area contributed by atoms with Crippen molar-refractivity contribution in [3.63, 3.8) is 0 Å². The minimum Gasteiger partial charge on any atom is -0.352 e. The van der Waals surface area contributed by atoms with Gasteiger partial charge in [0.15, 0.2) is 0 Å². The van der Waals surface area contributed by atoms with Gasteiger partial charge in [0.25, 0.3) is 0 Å². The lowest BCUT2D eigenvalue weighted by molar-refractivity contribution is -0.120. The van der Waals surface area contributed by atoms with E-state index < -0.39 is 0 Å². The zero-order chi connectivity index (χ0) is 15.5. The molecule has 0 radical (unpaired) electrons. The smallest absolute Gasteiger partial charge is 0.228 e. The zero-order valence-corrected chi connectivity index (χ0v) is 12.6. The summed E-state index contributed by atoms with van der Waals surface area (Å²) in [6.45, 7) is 0.473. The van der Waals surface area contributed by atoms with Gasteiger partial charge in [-0.2, -0.15) is 0 Å². The van der Waals surface area contributed by atoms with E-state index in [1.54, 1.807) is 12.1 Å². The Labute approximate surface area is 133 Å². The fourth-order valence-corrected chi connectivity index (χ4v) is 2.57. The number of hydrogen-bond acceptors (Lipinski definition) is 2. The van der Waals surface area contributed by atoms with E-state index in [9.17, 15) is 9.59 Å². The van der Waals surface area contributed by atoms with Crippen molar-refractivity contribution in [2.24, 2.45) is 0 Å². The van der Waals surface area contributed by atoms with E-state index >= 15 is 0 Å². The third-order valence-corrected chi connectivity index (χ3v) is 3.81. The van der Waals surface area contributed by atoms with Gasteiger partial charge in [-0.1, -0.05) is 35.9 Å². The molecule has 112 valence electrons. The topological polar surface area (TPSA) is 58.2 Å². The first-order valence-corrected chi connectivity index (χ1v) is 7.41. The van der Waals surface area contributed by atoms with E-state index in [2.05, 4.69) is 10.6 Å². The van der Waals surface area contributed by atoms with Crippen LogP contribution in [0.15, 0.2) is 42.5 Å². The lowest BCUT2D eigenvalue weighted by atomic mass is 10.1. The molecule has 0 bridgehead atoms. The number of nitrogens with one attached hydrogen (secondary N) is 2. The maximum Gasteiger partial charge on any atom is 0.228 e. The summed E-state index contributed by atoms with van der Waals surface area (Å²) in [6, 6.07) is 13.0. The summed E-state index contributed by atoms with van der Waals surface area (Å²) in [5.41, 5.74) is 3.70. The second-order valence-electron chi connectivity index (χ2n) is 5.30. The molecule has 0 aliphatic carbocycles. The standard InChI is InChI=1S/C17H15ClN2O2/c18-14-4-1-11(2-5-14)10-19-16(21)8-12-3-6-15-13(7-12)9-17(22)20-15/h1-7H,8-10H2,(H,19,21)(H,20,22). The molecule has 2 aromatic rings.